The second-order valence-electron chi connectivity index (χ2n) is 9.83. The Morgan fingerprint density at radius 3 is 2.45 bits per heavy atom. The van der Waals surface area contributed by atoms with Crippen molar-refractivity contribution in [2.75, 3.05) is 4.90 Å². The van der Waals surface area contributed by atoms with Gasteiger partial charge in [-0.15, -0.1) is 0 Å². The summed E-state index contributed by atoms with van der Waals surface area (Å²) in [6, 6.07) is 7.37. The summed E-state index contributed by atoms with van der Waals surface area (Å²) in [4.78, 5) is 18.3. The van der Waals surface area contributed by atoms with Crippen molar-refractivity contribution in [1.29, 1.82) is 5.26 Å². The van der Waals surface area contributed by atoms with E-state index >= 15 is 4.39 Å². The van der Waals surface area contributed by atoms with Gasteiger partial charge in [-0.1, -0.05) is 19.9 Å². The molecule has 42 heavy (non-hydrogen) atoms. The van der Waals surface area contributed by atoms with Crippen LogP contribution >= 0.6 is 0 Å². The summed E-state index contributed by atoms with van der Waals surface area (Å²) in [5.74, 6) is -0.583. The fourth-order valence-electron chi connectivity index (χ4n) is 4.97. The zero-order valence-electron chi connectivity index (χ0n) is 24.2. The van der Waals surface area contributed by atoms with Gasteiger partial charge < -0.3 is 4.57 Å². The number of aryl methyl sites for hydroxylation is 2. The monoisotopic (exact) mass is 584 g/mol. The number of benzene rings is 1. The highest BCUT2D eigenvalue weighted by molar-refractivity contribution is 5.95. The van der Waals surface area contributed by atoms with Gasteiger partial charge in [0.1, 0.15) is 34.9 Å². The SMILES string of the molecule is CC.CCn1cc(C(F)(F)F)nc1-c1ccc(C(C)N2C(=O)CCn3nc(-c4c(C#N)cnn4C(C)C)cc32)cc1F. The minimum absolute atomic E-state index is 0.0375. The van der Waals surface area contributed by atoms with Crippen molar-refractivity contribution in [3.05, 3.63) is 59.3 Å². The minimum Gasteiger partial charge on any atom is -0.331 e. The van der Waals surface area contributed by atoms with Gasteiger partial charge in [-0.3, -0.25) is 14.4 Å². The van der Waals surface area contributed by atoms with Gasteiger partial charge in [0.25, 0.3) is 0 Å². The van der Waals surface area contributed by atoms with Gasteiger partial charge in [0.2, 0.25) is 5.91 Å². The number of carbonyl (C=O) groups is 1. The molecule has 1 amide bonds. The molecule has 1 aliphatic heterocycles. The number of nitriles is 1. The van der Waals surface area contributed by atoms with Gasteiger partial charge in [-0.2, -0.15) is 28.6 Å². The Morgan fingerprint density at radius 2 is 1.86 bits per heavy atom. The number of halogens is 4. The first-order valence-corrected chi connectivity index (χ1v) is 13.8. The zero-order chi connectivity index (χ0) is 30.9. The highest BCUT2D eigenvalue weighted by atomic mass is 19.4. The molecule has 4 heterocycles. The van der Waals surface area contributed by atoms with E-state index in [1.54, 1.807) is 35.3 Å². The van der Waals surface area contributed by atoms with Gasteiger partial charge in [0.15, 0.2) is 5.69 Å². The molecule has 5 rings (SSSR count). The van der Waals surface area contributed by atoms with Crippen molar-refractivity contribution in [2.24, 2.45) is 0 Å². The fraction of sp³-hybridized carbons (Fsp3) is 0.414. The van der Waals surface area contributed by atoms with E-state index in [9.17, 15) is 23.2 Å². The van der Waals surface area contributed by atoms with Crippen molar-refractivity contribution in [1.82, 2.24) is 29.1 Å². The van der Waals surface area contributed by atoms with E-state index in [0.29, 0.717) is 34.9 Å². The van der Waals surface area contributed by atoms with Crippen LogP contribution in [0.3, 0.4) is 0 Å². The Kier molecular flexibility index (Phi) is 8.56. The minimum atomic E-state index is -4.66. The van der Waals surface area contributed by atoms with Crippen molar-refractivity contribution < 1.29 is 22.4 Å². The third kappa shape index (κ3) is 5.41. The highest BCUT2D eigenvalue weighted by Gasteiger charge is 2.36. The Morgan fingerprint density at radius 1 is 1.14 bits per heavy atom. The second-order valence-corrected chi connectivity index (χ2v) is 9.83. The summed E-state index contributed by atoms with van der Waals surface area (Å²) < 4.78 is 59.7. The molecule has 0 bridgehead atoms. The molecule has 0 saturated heterocycles. The van der Waals surface area contributed by atoms with E-state index in [4.69, 9.17) is 0 Å². The Hall–Kier alpha value is -4.47. The highest BCUT2D eigenvalue weighted by Crippen LogP contribution is 2.37. The number of aromatic nitrogens is 6. The predicted octanol–water partition coefficient (Wildman–Crippen LogP) is 6.76. The number of anilines is 1. The molecule has 3 aromatic heterocycles. The predicted molar refractivity (Wildman–Crippen MR) is 149 cm³/mol. The largest absolute Gasteiger partial charge is 0.434 e. The third-order valence-electron chi connectivity index (χ3n) is 6.97. The summed E-state index contributed by atoms with van der Waals surface area (Å²) in [6.45, 7) is 11.8. The smallest absolute Gasteiger partial charge is 0.331 e. The maximum atomic E-state index is 15.4. The van der Waals surface area contributed by atoms with Crippen LogP contribution in [0.1, 0.15) is 76.9 Å². The number of hydrogen-bond donors (Lipinski definition) is 0. The van der Waals surface area contributed by atoms with Gasteiger partial charge in [-0.25, -0.2) is 14.1 Å². The molecule has 0 saturated carbocycles. The van der Waals surface area contributed by atoms with Crippen LogP contribution in [-0.4, -0.2) is 35.0 Å². The first-order valence-electron chi connectivity index (χ1n) is 13.8. The van der Waals surface area contributed by atoms with Crippen LogP contribution in [0.2, 0.25) is 0 Å². The molecule has 222 valence electrons. The molecule has 4 aromatic rings. The lowest BCUT2D eigenvalue weighted by Crippen LogP contribution is -2.39. The molecular formula is C29H32F4N8O. The topological polar surface area (TPSA) is 97.6 Å². The quantitative estimate of drug-likeness (QED) is 0.233. The molecule has 0 fully saturated rings. The number of amides is 1. The summed E-state index contributed by atoms with van der Waals surface area (Å²) in [6.07, 6.45) is -2.15. The summed E-state index contributed by atoms with van der Waals surface area (Å²) in [5, 5.41) is 18.6. The van der Waals surface area contributed by atoms with Crippen LogP contribution < -0.4 is 4.90 Å². The molecule has 0 spiro atoms. The molecule has 1 aliphatic rings. The van der Waals surface area contributed by atoms with Crippen LogP contribution in [-0.2, 0) is 24.1 Å². The summed E-state index contributed by atoms with van der Waals surface area (Å²) in [5.41, 5.74) is 0.657. The first-order chi connectivity index (χ1) is 19.9. The lowest BCUT2D eigenvalue weighted by Gasteiger charge is -2.33. The van der Waals surface area contributed by atoms with E-state index in [-0.39, 0.29) is 36.3 Å². The summed E-state index contributed by atoms with van der Waals surface area (Å²) in [7, 11) is 0. The van der Waals surface area contributed by atoms with Crippen LogP contribution in [0.15, 0.2) is 36.7 Å². The molecule has 0 radical (unpaired) electrons. The average molecular weight is 585 g/mol. The van der Waals surface area contributed by atoms with Crippen molar-refractivity contribution >= 4 is 11.7 Å². The van der Waals surface area contributed by atoms with Gasteiger partial charge in [-0.05, 0) is 45.4 Å². The molecule has 1 atom stereocenters. The standard InChI is InChI=1S/C27H26F4N8O.C2H6/c1-5-36-14-22(27(29,30)31)34-26(36)19-7-6-17(10-20(19)28)16(4)38-23-11-21(35-37(23)9-8-24(38)40)25-18(12-32)13-33-39(25)15(2)3;1-2/h6-7,10-11,13-16H,5,8-9H2,1-4H3;1-2H3. The van der Waals surface area contributed by atoms with Gasteiger partial charge in [0, 0.05) is 31.3 Å². The van der Waals surface area contributed by atoms with E-state index < -0.39 is 23.7 Å². The number of carbonyl (C=O) groups excluding carboxylic acids is 1. The lowest BCUT2D eigenvalue weighted by molar-refractivity contribution is -0.140. The van der Waals surface area contributed by atoms with Crippen LogP contribution in [0.4, 0.5) is 23.4 Å². The Bertz CT molecular complexity index is 1640. The van der Waals surface area contributed by atoms with E-state index in [1.165, 1.54) is 27.8 Å². The van der Waals surface area contributed by atoms with Crippen LogP contribution in [0.25, 0.3) is 22.8 Å². The van der Waals surface area contributed by atoms with Crippen molar-refractivity contribution in [3.8, 4) is 28.8 Å². The van der Waals surface area contributed by atoms with E-state index in [0.717, 1.165) is 6.20 Å². The number of hydrogen-bond acceptors (Lipinski definition) is 5. The Labute approximate surface area is 241 Å². The normalized spacial score (nSPS) is 14.0. The molecular weight excluding hydrogens is 552 g/mol. The van der Waals surface area contributed by atoms with Crippen LogP contribution in [0, 0.1) is 17.1 Å². The summed E-state index contributed by atoms with van der Waals surface area (Å²) >= 11 is 0. The average Bonchev–Trinajstić information content (AvgIpc) is 3.69. The van der Waals surface area contributed by atoms with Crippen molar-refractivity contribution in [3.63, 3.8) is 0 Å². The van der Waals surface area contributed by atoms with E-state index in [2.05, 4.69) is 21.3 Å². The first kappa shape index (κ1) is 30.5. The van der Waals surface area contributed by atoms with Gasteiger partial charge >= 0.3 is 6.18 Å². The number of fused-ring (bicyclic) bond motifs is 1. The number of rotatable bonds is 6. The zero-order valence-corrected chi connectivity index (χ0v) is 24.2. The molecule has 0 N–H and O–H groups in total. The number of imidazole rings is 1. The second kappa shape index (κ2) is 11.8. The van der Waals surface area contributed by atoms with Crippen LogP contribution in [0.5, 0.6) is 0 Å². The Balaban J connectivity index is 0.00000198. The molecule has 9 nitrogen and oxygen atoms in total. The molecule has 1 aromatic carbocycles. The van der Waals surface area contributed by atoms with Gasteiger partial charge in [0.05, 0.1) is 29.9 Å². The molecule has 1 unspecified atom stereocenters. The lowest BCUT2D eigenvalue weighted by atomic mass is 10.0. The maximum absolute atomic E-state index is 15.4. The van der Waals surface area contributed by atoms with Crippen molar-refractivity contribution in [2.45, 2.75) is 79.3 Å². The third-order valence-corrected chi connectivity index (χ3v) is 6.97. The number of nitrogens with zero attached hydrogens (tertiary/aromatic N) is 8. The fourth-order valence-corrected chi connectivity index (χ4v) is 4.97. The molecule has 0 aliphatic carbocycles. The molecule has 13 heteroatoms. The number of alkyl halides is 3. The maximum Gasteiger partial charge on any atom is 0.434 e. The van der Waals surface area contributed by atoms with E-state index in [1.807, 2.05) is 27.7 Å².